The Labute approximate surface area is 199 Å². The molecule has 2 aromatic heterocycles. The van der Waals surface area contributed by atoms with Gasteiger partial charge in [0.2, 0.25) is 5.91 Å². The van der Waals surface area contributed by atoms with Crippen molar-refractivity contribution in [3.05, 3.63) is 48.3 Å². The zero-order valence-corrected chi connectivity index (χ0v) is 20.3. The smallest absolute Gasteiger partial charge is 0.220 e. The molecule has 0 aliphatic carbocycles. The average Bonchev–Trinajstić information content (AvgIpc) is 3.45. The van der Waals surface area contributed by atoms with Crippen molar-refractivity contribution in [1.82, 2.24) is 19.2 Å². The first kappa shape index (κ1) is 22.1. The lowest BCUT2D eigenvalue weighted by atomic mass is 10.0. The lowest BCUT2D eigenvalue weighted by Gasteiger charge is -2.34. The van der Waals surface area contributed by atoms with E-state index in [2.05, 4.69) is 62.4 Å². The van der Waals surface area contributed by atoms with Gasteiger partial charge in [-0.05, 0) is 49.4 Å². The number of nitrogens with zero attached hydrogens (tertiary/aromatic N) is 4. The van der Waals surface area contributed by atoms with Gasteiger partial charge in [0.1, 0.15) is 17.4 Å². The predicted octanol–water partition coefficient (Wildman–Crippen LogP) is 3.61. The largest absolute Gasteiger partial charge is 0.488 e. The number of hydrogen-bond donors (Lipinski definition) is 1. The normalized spacial score (nSPS) is 20.3. The van der Waals surface area contributed by atoms with E-state index in [1.165, 1.54) is 5.69 Å². The van der Waals surface area contributed by atoms with E-state index in [0.29, 0.717) is 13.0 Å². The Morgan fingerprint density at radius 3 is 2.58 bits per heavy atom. The minimum Gasteiger partial charge on any atom is -0.488 e. The molecule has 8 heteroatoms. The van der Waals surface area contributed by atoms with Gasteiger partial charge in [0.25, 0.3) is 0 Å². The number of aryl methyl sites for hydroxylation is 1. The number of hydrogen-bond acceptors (Lipinski definition) is 6. The second kappa shape index (κ2) is 9.27. The molecule has 0 saturated carbocycles. The maximum atomic E-state index is 11.7. The van der Waals surface area contributed by atoms with E-state index < -0.39 is 0 Å². The summed E-state index contributed by atoms with van der Waals surface area (Å²) < 4.78 is 10.7. The van der Waals surface area contributed by atoms with Gasteiger partial charge in [0.05, 0.1) is 6.20 Å². The number of aromatic nitrogens is 2. The van der Waals surface area contributed by atoms with Crippen molar-refractivity contribution in [3.8, 4) is 16.9 Å². The van der Waals surface area contributed by atoms with E-state index in [9.17, 15) is 4.79 Å². The molecule has 1 amide bonds. The molecule has 2 aliphatic rings. The van der Waals surface area contributed by atoms with Crippen molar-refractivity contribution >= 4 is 29.1 Å². The number of nitrogens with one attached hydrogen (secondary N) is 1. The van der Waals surface area contributed by atoms with Gasteiger partial charge >= 0.3 is 0 Å². The van der Waals surface area contributed by atoms with Gasteiger partial charge in [-0.3, -0.25) is 4.79 Å². The predicted molar refractivity (Wildman–Crippen MR) is 134 cm³/mol. The number of piperazine rings is 1. The number of carbonyl (C=O) groups is 1. The molecule has 0 spiro atoms. The summed E-state index contributed by atoms with van der Waals surface area (Å²) in [4.78, 5) is 14.1. The second-order valence-corrected chi connectivity index (χ2v) is 9.83. The van der Waals surface area contributed by atoms with Crippen molar-refractivity contribution in [2.75, 3.05) is 43.9 Å². The molecular formula is C25H31N5O2S. The highest BCUT2D eigenvalue weighted by atomic mass is 32.2. The number of ether oxygens (including phenoxy) is 1. The first-order valence-corrected chi connectivity index (χ1v) is 12.8. The van der Waals surface area contributed by atoms with Gasteiger partial charge in [0, 0.05) is 62.5 Å². The van der Waals surface area contributed by atoms with E-state index in [1.807, 2.05) is 36.5 Å². The Bertz CT molecular complexity index is 1140. The van der Waals surface area contributed by atoms with Crippen molar-refractivity contribution in [3.63, 3.8) is 0 Å². The number of carbonyl (C=O) groups excluding carboxylic acids is 1. The number of benzene rings is 1. The first-order valence-electron chi connectivity index (χ1n) is 11.6. The Balaban J connectivity index is 1.40. The molecule has 33 heavy (non-hydrogen) atoms. The van der Waals surface area contributed by atoms with Crippen LogP contribution in [-0.4, -0.2) is 64.9 Å². The molecule has 2 aliphatic heterocycles. The second-order valence-electron chi connectivity index (χ2n) is 8.95. The van der Waals surface area contributed by atoms with Gasteiger partial charge in [-0.25, -0.2) is 8.82 Å². The fraction of sp³-hybridized carbons (Fsp3) is 0.440. The molecule has 3 aromatic rings. The number of amides is 1. The van der Waals surface area contributed by atoms with Gasteiger partial charge in [-0.2, -0.15) is 5.10 Å². The van der Waals surface area contributed by atoms with Crippen LogP contribution in [0.15, 0.2) is 42.7 Å². The number of anilines is 1. The number of pyridine rings is 1. The van der Waals surface area contributed by atoms with Crippen molar-refractivity contribution in [1.29, 1.82) is 0 Å². The third-order valence-electron chi connectivity index (χ3n) is 6.81. The zero-order chi connectivity index (χ0) is 22.9. The summed E-state index contributed by atoms with van der Waals surface area (Å²) >= 11 is 1.83. The summed E-state index contributed by atoms with van der Waals surface area (Å²) in [7, 11) is 0. The van der Waals surface area contributed by atoms with Gasteiger partial charge in [-0.1, -0.05) is 24.1 Å². The minimum absolute atomic E-state index is 0.0698. The summed E-state index contributed by atoms with van der Waals surface area (Å²) in [5, 5.41) is 7.45. The zero-order valence-electron chi connectivity index (χ0n) is 19.5. The first-order chi connectivity index (χ1) is 16.0. The summed E-state index contributed by atoms with van der Waals surface area (Å²) in [5.74, 6) is 1.09. The van der Waals surface area contributed by atoms with Crippen LogP contribution in [0.25, 0.3) is 16.6 Å². The van der Waals surface area contributed by atoms with Crippen LogP contribution in [0.5, 0.6) is 5.75 Å². The SMILES string of the molecule is CSN1CCN(c2ccc(-c3cc(OC(C)C4CNC(=O)C4)c4c(C)cnn4c3)cc2)CC1. The standard InChI is InChI=1S/C25H31N5O2S/c1-17-14-27-30-16-21(12-23(25(17)30)32-18(2)20-13-24(31)26-15-20)19-4-6-22(7-5-19)28-8-10-29(33-3)11-9-28/h4-7,12,14,16,18,20H,8-11,13,15H2,1-3H3,(H,26,31). The van der Waals surface area contributed by atoms with Crippen molar-refractivity contribution < 1.29 is 9.53 Å². The van der Waals surface area contributed by atoms with Gasteiger partial charge in [-0.15, -0.1) is 0 Å². The Morgan fingerprint density at radius 1 is 1.15 bits per heavy atom. The molecule has 0 radical (unpaired) electrons. The molecule has 5 rings (SSSR count). The fourth-order valence-corrected chi connectivity index (χ4v) is 5.26. The molecule has 0 bridgehead atoms. The van der Waals surface area contributed by atoms with Crippen LogP contribution in [0.2, 0.25) is 0 Å². The van der Waals surface area contributed by atoms with Crippen LogP contribution in [0.4, 0.5) is 5.69 Å². The van der Waals surface area contributed by atoms with Gasteiger partial charge in [0.15, 0.2) is 0 Å². The number of fused-ring (bicyclic) bond motifs is 1. The molecular weight excluding hydrogens is 434 g/mol. The molecule has 4 heterocycles. The summed E-state index contributed by atoms with van der Waals surface area (Å²) in [6.07, 6.45) is 6.52. The quantitative estimate of drug-likeness (QED) is 0.561. The van der Waals surface area contributed by atoms with Crippen LogP contribution in [0.1, 0.15) is 18.9 Å². The van der Waals surface area contributed by atoms with E-state index in [1.54, 1.807) is 0 Å². The molecule has 7 nitrogen and oxygen atoms in total. The summed E-state index contributed by atoms with van der Waals surface area (Å²) in [6.45, 7) is 9.02. The maximum absolute atomic E-state index is 11.7. The molecule has 2 unspecified atom stereocenters. The average molecular weight is 466 g/mol. The van der Waals surface area contributed by atoms with Crippen LogP contribution < -0.4 is 15.0 Å². The lowest BCUT2D eigenvalue weighted by molar-refractivity contribution is -0.119. The topological polar surface area (TPSA) is 62.1 Å². The molecule has 1 aromatic carbocycles. The van der Waals surface area contributed by atoms with E-state index in [-0.39, 0.29) is 17.9 Å². The van der Waals surface area contributed by atoms with Gasteiger partial charge < -0.3 is 15.0 Å². The molecule has 174 valence electrons. The lowest BCUT2D eigenvalue weighted by Crippen LogP contribution is -2.43. The van der Waals surface area contributed by atoms with Crippen molar-refractivity contribution in [2.45, 2.75) is 26.4 Å². The van der Waals surface area contributed by atoms with Crippen LogP contribution in [0, 0.1) is 12.8 Å². The highest BCUT2D eigenvalue weighted by molar-refractivity contribution is 7.96. The minimum atomic E-state index is -0.0698. The highest BCUT2D eigenvalue weighted by Gasteiger charge is 2.28. The van der Waals surface area contributed by atoms with Crippen LogP contribution in [0.3, 0.4) is 0 Å². The Hall–Kier alpha value is -2.71. The maximum Gasteiger partial charge on any atom is 0.220 e. The molecule has 2 atom stereocenters. The molecule has 2 saturated heterocycles. The van der Waals surface area contributed by atoms with E-state index in [0.717, 1.165) is 54.1 Å². The molecule has 1 N–H and O–H groups in total. The monoisotopic (exact) mass is 465 g/mol. The summed E-state index contributed by atoms with van der Waals surface area (Å²) in [6, 6.07) is 10.9. The van der Waals surface area contributed by atoms with E-state index in [4.69, 9.17) is 4.74 Å². The van der Waals surface area contributed by atoms with Crippen LogP contribution >= 0.6 is 11.9 Å². The fourth-order valence-electron chi connectivity index (χ4n) is 4.73. The molecule has 2 fully saturated rings. The van der Waals surface area contributed by atoms with Crippen LogP contribution in [-0.2, 0) is 4.79 Å². The third-order valence-corrected chi connectivity index (χ3v) is 7.69. The third kappa shape index (κ3) is 4.54. The highest BCUT2D eigenvalue weighted by Crippen LogP contribution is 2.33. The van der Waals surface area contributed by atoms with E-state index >= 15 is 0 Å². The number of rotatable bonds is 6. The summed E-state index contributed by atoms with van der Waals surface area (Å²) in [5.41, 5.74) is 5.51. The van der Waals surface area contributed by atoms with Crippen molar-refractivity contribution in [2.24, 2.45) is 5.92 Å². The Kier molecular flexibility index (Phi) is 6.21. The Morgan fingerprint density at radius 2 is 1.91 bits per heavy atom.